The number of aromatic nitrogens is 2. The summed E-state index contributed by atoms with van der Waals surface area (Å²) in [5.41, 5.74) is 0.0649. The van der Waals surface area contributed by atoms with Crippen LogP contribution in [-0.4, -0.2) is 48.2 Å². The van der Waals surface area contributed by atoms with Gasteiger partial charge in [0.2, 0.25) is 5.91 Å². The second kappa shape index (κ2) is 8.01. The first kappa shape index (κ1) is 23.9. The normalized spacial score (nSPS) is 23.3. The van der Waals surface area contributed by atoms with Gasteiger partial charge in [-0.15, -0.1) is 0 Å². The number of cyclic esters (lactones) is 1. The highest BCUT2D eigenvalue weighted by Gasteiger charge is 2.46. The maximum absolute atomic E-state index is 14.9. The molecule has 0 saturated heterocycles. The molecule has 2 aromatic heterocycles. The summed E-state index contributed by atoms with van der Waals surface area (Å²) in [6, 6.07) is 1.99. The number of benzene rings is 1. The predicted octanol–water partition coefficient (Wildman–Crippen LogP) is 0.798. The van der Waals surface area contributed by atoms with Crippen LogP contribution in [0.1, 0.15) is 47.2 Å². The number of nitrogens with one attached hydrogen (secondary N) is 1. The number of hydrogen-bond acceptors (Lipinski definition) is 8. The molecule has 1 unspecified atom stereocenters. The summed E-state index contributed by atoms with van der Waals surface area (Å²) in [6.45, 7) is 2.14. The van der Waals surface area contributed by atoms with Gasteiger partial charge in [0.05, 0.1) is 56.5 Å². The lowest BCUT2D eigenvalue weighted by molar-refractivity contribution is -0.172. The third-order valence-electron chi connectivity index (χ3n) is 7.53. The van der Waals surface area contributed by atoms with E-state index in [9.17, 15) is 33.2 Å². The zero-order chi connectivity index (χ0) is 26.4. The predicted molar refractivity (Wildman–Crippen MR) is 128 cm³/mol. The number of halogens is 1. The van der Waals surface area contributed by atoms with Gasteiger partial charge in [0, 0.05) is 28.1 Å². The minimum Gasteiger partial charge on any atom is -0.458 e. The number of aliphatic hydroxyl groups is 2. The molecule has 0 saturated carbocycles. The molecule has 5 heterocycles. The topological polar surface area (TPSA) is 148 Å². The summed E-state index contributed by atoms with van der Waals surface area (Å²) in [5.74, 6) is -2.15. The molecule has 1 amide bonds. The number of rotatable bonds is 3. The standard InChI is InChI=1S/C25H22FN3O7S/c1-3-25(34)13-4-17-21-11(6-29(17)23(32)12(13)8-36-24(25)33)19-16(27-18(31)7-30)9-37(35)22-10(2)14(26)5-15(28-21)20(19)22/h4-5,16,30,34H,3,6-9H2,1-2H3,(H,27,31)/t16-,25-,37?/m0/s1. The van der Waals surface area contributed by atoms with Gasteiger partial charge >= 0.3 is 5.97 Å². The minimum atomic E-state index is -2.00. The van der Waals surface area contributed by atoms with Gasteiger partial charge in [-0.1, -0.05) is 6.92 Å². The quantitative estimate of drug-likeness (QED) is 0.332. The fraction of sp³-hybridized carbons (Fsp3) is 0.360. The van der Waals surface area contributed by atoms with Crippen LogP contribution in [-0.2, 0) is 43.9 Å². The number of hydrogen-bond donors (Lipinski definition) is 3. The molecule has 1 aromatic carbocycles. The SMILES string of the molecule is CC[C@@]1(O)C(=O)OCc2c1cc1n(c2=O)Cc2c-1nc1cc(F)c(C)c3c1c2[C@@H](NC(=O)CO)CS3=O. The summed E-state index contributed by atoms with van der Waals surface area (Å²) in [7, 11) is -1.66. The Labute approximate surface area is 211 Å². The van der Waals surface area contributed by atoms with Crippen molar-refractivity contribution in [1.29, 1.82) is 0 Å². The molecule has 3 N–H and O–H groups in total. The van der Waals surface area contributed by atoms with E-state index in [2.05, 4.69) is 10.3 Å². The number of carbonyl (C=O) groups excluding carboxylic acids is 2. The molecule has 0 spiro atoms. The monoisotopic (exact) mass is 527 g/mol. The highest BCUT2D eigenvalue weighted by atomic mass is 32.2. The first-order valence-corrected chi connectivity index (χ1v) is 13.0. The van der Waals surface area contributed by atoms with Crippen molar-refractivity contribution in [1.82, 2.24) is 14.9 Å². The highest BCUT2D eigenvalue weighted by molar-refractivity contribution is 7.85. The van der Waals surface area contributed by atoms with Gasteiger partial charge in [0.1, 0.15) is 19.0 Å². The maximum atomic E-state index is 14.9. The molecule has 10 nitrogen and oxygen atoms in total. The van der Waals surface area contributed by atoms with E-state index in [-0.39, 0.29) is 52.4 Å². The Morgan fingerprint density at radius 1 is 1.35 bits per heavy atom. The molecule has 0 aliphatic carbocycles. The van der Waals surface area contributed by atoms with E-state index < -0.39 is 52.3 Å². The van der Waals surface area contributed by atoms with E-state index >= 15 is 0 Å². The molecule has 3 aliphatic heterocycles. The van der Waals surface area contributed by atoms with Crippen LogP contribution < -0.4 is 10.9 Å². The smallest absolute Gasteiger partial charge is 0.343 e. The molecule has 0 bridgehead atoms. The molecule has 3 aliphatic rings. The number of nitrogens with zero attached hydrogens (tertiary/aromatic N) is 2. The number of carbonyl (C=O) groups is 2. The average molecular weight is 528 g/mol. The highest BCUT2D eigenvalue weighted by Crippen LogP contribution is 2.45. The van der Waals surface area contributed by atoms with Gasteiger partial charge < -0.3 is 24.8 Å². The van der Waals surface area contributed by atoms with Gasteiger partial charge in [-0.05, 0) is 25.0 Å². The van der Waals surface area contributed by atoms with Crippen LogP contribution in [0.2, 0.25) is 0 Å². The van der Waals surface area contributed by atoms with E-state index in [1.807, 2.05) is 0 Å². The Morgan fingerprint density at radius 3 is 2.81 bits per heavy atom. The summed E-state index contributed by atoms with van der Waals surface area (Å²) in [4.78, 5) is 43.1. The average Bonchev–Trinajstić information content (AvgIpc) is 3.24. The van der Waals surface area contributed by atoms with Crippen molar-refractivity contribution in [3.8, 4) is 11.4 Å². The van der Waals surface area contributed by atoms with Gasteiger partial charge in [-0.2, -0.15) is 0 Å². The second-order valence-electron chi connectivity index (χ2n) is 9.45. The molecule has 3 atom stereocenters. The number of amides is 1. The van der Waals surface area contributed by atoms with Crippen molar-refractivity contribution in [3.05, 3.63) is 56.1 Å². The first-order valence-electron chi connectivity index (χ1n) is 11.7. The Hall–Kier alpha value is -3.48. The van der Waals surface area contributed by atoms with Crippen molar-refractivity contribution in [3.63, 3.8) is 0 Å². The van der Waals surface area contributed by atoms with Crippen LogP contribution in [0, 0.1) is 12.7 Å². The van der Waals surface area contributed by atoms with Crippen LogP contribution in [0.3, 0.4) is 0 Å². The van der Waals surface area contributed by atoms with Crippen LogP contribution >= 0.6 is 0 Å². The number of aliphatic hydroxyl groups excluding tert-OH is 1. The summed E-state index contributed by atoms with van der Waals surface area (Å²) in [5, 5.41) is 23.6. The Kier molecular flexibility index (Phi) is 5.17. The van der Waals surface area contributed by atoms with Crippen molar-refractivity contribution in [2.45, 2.75) is 50.0 Å². The minimum absolute atomic E-state index is 0.0140. The third-order valence-corrected chi connectivity index (χ3v) is 9.13. The van der Waals surface area contributed by atoms with Crippen LogP contribution in [0.25, 0.3) is 22.3 Å². The summed E-state index contributed by atoms with van der Waals surface area (Å²) in [6.07, 6.45) is -0.0140. The molecule has 12 heteroatoms. The lowest BCUT2D eigenvalue weighted by Crippen LogP contribution is -2.44. The molecular formula is C25H22FN3O7S. The van der Waals surface area contributed by atoms with Crippen molar-refractivity contribution in [2.24, 2.45) is 0 Å². The van der Waals surface area contributed by atoms with E-state index in [4.69, 9.17) is 4.74 Å². The fourth-order valence-electron chi connectivity index (χ4n) is 5.65. The van der Waals surface area contributed by atoms with Crippen LogP contribution in [0.5, 0.6) is 0 Å². The largest absolute Gasteiger partial charge is 0.458 e. The Balaban J connectivity index is 1.69. The van der Waals surface area contributed by atoms with Gasteiger partial charge in [0.25, 0.3) is 5.56 Å². The number of esters is 1. The number of fused-ring (bicyclic) bond motifs is 5. The summed E-state index contributed by atoms with van der Waals surface area (Å²) < 4.78 is 34.6. The zero-order valence-electron chi connectivity index (χ0n) is 19.9. The van der Waals surface area contributed by atoms with Crippen LogP contribution in [0.4, 0.5) is 4.39 Å². The van der Waals surface area contributed by atoms with E-state index in [1.165, 1.54) is 17.6 Å². The molecule has 6 rings (SSSR count). The van der Waals surface area contributed by atoms with Gasteiger partial charge in [-0.25, -0.2) is 14.2 Å². The third kappa shape index (κ3) is 3.12. The van der Waals surface area contributed by atoms with Gasteiger partial charge in [-0.3, -0.25) is 13.8 Å². The van der Waals surface area contributed by atoms with Crippen molar-refractivity contribution in [2.75, 3.05) is 12.4 Å². The molecule has 0 radical (unpaired) electrons. The number of ether oxygens (including phenoxy) is 1. The van der Waals surface area contributed by atoms with Crippen molar-refractivity contribution < 1.29 is 33.1 Å². The van der Waals surface area contributed by atoms with E-state index in [1.54, 1.807) is 13.0 Å². The molecule has 3 aromatic rings. The first-order chi connectivity index (χ1) is 17.6. The van der Waals surface area contributed by atoms with Crippen molar-refractivity contribution >= 4 is 33.6 Å². The van der Waals surface area contributed by atoms with Gasteiger partial charge in [0.15, 0.2) is 5.60 Å². The maximum Gasteiger partial charge on any atom is 0.343 e. The lowest BCUT2D eigenvalue weighted by atomic mass is 9.86. The Bertz CT molecular complexity index is 1670. The zero-order valence-corrected chi connectivity index (χ0v) is 20.7. The molecule has 192 valence electrons. The lowest BCUT2D eigenvalue weighted by Gasteiger charge is -2.31. The second-order valence-corrected chi connectivity index (χ2v) is 10.9. The van der Waals surface area contributed by atoms with E-state index in [0.717, 1.165) is 0 Å². The Morgan fingerprint density at radius 2 is 2.11 bits per heavy atom. The number of pyridine rings is 2. The van der Waals surface area contributed by atoms with E-state index in [0.29, 0.717) is 27.9 Å². The molecule has 0 fully saturated rings. The fourth-order valence-corrected chi connectivity index (χ4v) is 7.25. The molecule has 37 heavy (non-hydrogen) atoms. The molecular weight excluding hydrogens is 505 g/mol. The summed E-state index contributed by atoms with van der Waals surface area (Å²) >= 11 is 0. The van der Waals surface area contributed by atoms with Crippen LogP contribution in [0.15, 0.2) is 21.8 Å².